The van der Waals surface area contributed by atoms with E-state index in [9.17, 15) is 0 Å². The fourth-order valence-electron chi connectivity index (χ4n) is 1.91. The van der Waals surface area contributed by atoms with E-state index in [4.69, 9.17) is 4.74 Å². The minimum absolute atomic E-state index is 0.414. The molecule has 1 nitrogen and oxygen atoms in total. The third kappa shape index (κ3) is 4.17. The van der Waals surface area contributed by atoms with Gasteiger partial charge in [-0.15, -0.1) is 0 Å². The molecule has 0 saturated heterocycles. The van der Waals surface area contributed by atoms with Crippen LogP contribution in [-0.2, 0) is 0 Å². The fraction of sp³-hybridized carbons (Fsp3) is 0.263. The van der Waals surface area contributed by atoms with Crippen molar-refractivity contribution in [2.45, 2.75) is 26.2 Å². The fourth-order valence-corrected chi connectivity index (χ4v) is 1.91. The summed E-state index contributed by atoms with van der Waals surface area (Å²) in [6.45, 7) is 4.85. The molecule has 0 aliphatic heterocycles. The van der Waals surface area contributed by atoms with Gasteiger partial charge in [-0.05, 0) is 42.2 Å². The molecule has 0 N–H and O–H groups in total. The van der Waals surface area contributed by atoms with Crippen LogP contribution in [0, 0.1) is 11.8 Å². The molecule has 0 spiro atoms. The van der Waals surface area contributed by atoms with E-state index in [0.717, 1.165) is 17.7 Å². The Hall–Kier alpha value is -2.20. The zero-order valence-corrected chi connectivity index (χ0v) is 12.1. The van der Waals surface area contributed by atoms with Crippen molar-refractivity contribution in [2.24, 2.45) is 0 Å². The molecule has 0 fully saturated rings. The van der Waals surface area contributed by atoms with Gasteiger partial charge in [0.25, 0.3) is 0 Å². The first-order valence-corrected chi connectivity index (χ1v) is 7.06. The zero-order valence-electron chi connectivity index (χ0n) is 12.1. The highest BCUT2D eigenvalue weighted by Crippen LogP contribution is 2.21. The number of hydrogen-bond acceptors (Lipinski definition) is 1. The lowest BCUT2D eigenvalue weighted by molar-refractivity contribution is 0.370. The molecule has 0 heterocycles. The highest BCUT2D eigenvalue weighted by Gasteiger charge is 2.02. The first-order valence-electron chi connectivity index (χ1n) is 7.06. The van der Waals surface area contributed by atoms with Gasteiger partial charge in [-0.2, -0.15) is 0 Å². The Labute approximate surface area is 121 Å². The molecular weight excluding hydrogens is 244 g/mol. The van der Waals surface area contributed by atoms with Crippen molar-refractivity contribution in [3.63, 3.8) is 0 Å². The lowest BCUT2D eigenvalue weighted by atomic mass is 9.99. The molecular formula is C19H20O. The van der Waals surface area contributed by atoms with Crippen LogP contribution in [0.2, 0.25) is 0 Å². The highest BCUT2D eigenvalue weighted by atomic mass is 16.5. The van der Waals surface area contributed by atoms with Crippen molar-refractivity contribution in [1.29, 1.82) is 0 Å². The Morgan fingerprint density at radius 2 is 1.70 bits per heavy atom. The molecule has 2 rings (SSSR count). The van der Waals surface area contributed by atoms with E-state index in [-0.39, 0.29) is 0 Å². The number of rotatable bonds is 4. The van der Waals surface area contributed by atoms with Gasteiger partial charge in [-0.25, -0.2) is 0 Å². The van der Waals surface area contributed by atoms with Crippen LogP contribution >= 0.6 is 0 Å². The quantitative estimate of drug-likeness (QED) is 0.731. The summed E-state index contributed by atoms with van der Waals surface area (Å²) in [7, 11) is 0. The maximum atomic E-state index is 5.62. The molecule has 1 heteroatoms. The van der Waals surface area contributed by atoms with Crippen molar-refractivity contribution in [2.75, 3.05) is 6.61 Å². The van der Waals surface area contributed by atoms with Crippen LogP contribution in [0.1, 0.15) is 37.3 Å². The smallest absolute Gasteiger partial charge is 0.149 e. The SMILES string of the molecule is CCC(C)c1ccc(OCC#Cc2ccccc2)cc1. The molecule has 20 heavy (non-hydrogen) atoms. The van der Waals surface area contributed by atoms with E-state index in [1.54, 1.807) is 0 Å². The second-order valence-electron chi connectivity index (χ2n) is 4.83. The monoisotopic (exact) mass is 264 g/mol. The lowest BCUT2D eigenvalue weighted by Crippen LogP contribution is -1.95. The Kier molecular flexibility index (Phi) is 5.26. The van der Waals surface area contributed by atoms with Crippen molar-refractivity contribution < 1.29 is 4.74 Å². The molecule has 1 atom stereocenters. The third-order valence-electron chi connectivity index (χ3n) is 3.38. The predicted molar refractivity (Wildman–Crippen MR) is 84.0 cm³/mol. The van der Waals surface area contributed by atoms with Crippen LogP contribution < -0.4 is 4.74 Å². The van der Waals surface area contributed by atoms with E-state index in [1.165, 1.54) is 5.56 Å². The topological polar surface area (TPSA) is 9.23 Å². The molecule has 0 aromatic heterocycles. The van der Waals surface area contributed by atoms with Crippen LogP contribution in [0.3, 0.4) is 0 Å². The molecule has 0 aliphatic rings. The van der Waals surface area contributed by atoms with Crippen molar-refractivity contribution in [3.8, 4) is 17.6 Å². The lowest BCUT2D eigenvalue weighted by Gasteiger charge is -2.09. The predicted octanol–water partition coefficient (Wildman–Crippen LogP) is 4.63. The Balaban J connectivity index is 1.87. The van der Waals surface area contributed by atoms with Crippen LogP contribution in [0.25, 0.3) is 0 Å². The first-order chi connectivity index (χ1) is 9.79. The molecule has 0 radical (unpaired) electrons. The van der Waals surface area contributed by atoms with Gasteiger partial charge in [0.1, 0.15) is 12.4 Å². The number of ether oxygens (including phenoxy) is 1. The average Bonchev–Trinajstić information content (AvgIpc) is 2.52. The van der Waals surface area contributed by atoms with E-state index < -0.39 is 0 Å². The maximum Gasteiger partial charge on any atom is 0.149 e. The van der Waals surface area contributed by atoms with Gasteiger partial charge in [0.15, 0.2) is 0 Å². The Morgan fingerprint density at radius 3 is 2.35 bits per heavy atom. The number of hydrogen-bond donors (Lipinski definition) is 0. The largest absolute Gasteiger partial charge is 0.481 e. The summed E-state index contributed by atoms with van der Waals surface area (Å²) in [5.74, 6) is 7.58. The normalized spacial score (nSPS) is 11.3. The zero-order chi connectivity index (χ0) is 14.2. The van der Waals surface area contributed by atoms with E-state index in [0.29, 0.717) is 12.5 Å². The van der Waals surface area contributed by atoms with Gasteiger partial charge in [0.05, 0.1) is 0 Å². The Bertz CT molecular complexity index is 573. The maximum absolute atomic E-state index is 5.62. The van der Waals surface area contributed by atoms with Crippen LogP contribution in [0.4, 0.5) is 0 Å². The van der Waals surface area contributed by atoms with Crippen molar-refractivity contribution in [1.82, 2.24) is 0 Å². The van der Waals surface area contributed by atoms with Crippen molar-refractivity contribution >= 4 is 0 Å². The molecule has 0 saturated carbocycles. The molecule has 2 aromatic carbocycles. The van der Waals surface area contributed by atoms with Crippen LogP contribution in [0.15, 0.2) is 54.6 Å². The van der Waals surface area contributed by atoms with E-state index >= 15 is 0 Å². The van der Waals surface area contributed by atoms with Gasteiger partial charge < -0.3 is 4.74 Å². The molecule has 0 bridgehead atoms. The molecule has 0 aliphatic carbocycles. The third-order valence-corrected chi connectivity index (χ3v) is 3.38. The van der Waals surface area contributed by atoms with Crippen LogP contribution in [-0.4, -0.2) is 6.61 Å². The summed E-state index contributed by atoms with van der Waals surface area (Å²) in [5.41, 5.74) is 2.37. The van der Waals surface area contributed by atoms with Gasteiger partial charge in [-0.3, -0.25) is 0 Å². The average molecular weight is 264 g/mol. The molecule has 2 aromatic rings. The summed E-state index contributed by atoms with van der Waals surface area (Å²) < 4.78 is 5.62. The van der Waals surface area contributed by atoms with E-state index in [1.807, 2.05) is 42.5 Å². The van der Waals surface area contributed by atoms with Gasteiger partial charge in [-0.1, -0.05) is 56.0 Å². The Morgan fingerprint density at radius 1 is 1.00 bits per heavy atom. The van der Waals surface area contributed by atoms with Gasteiger partial charge in [0.2, 0.25) is 0 Å². The highest BCUT2D eigenvalue weighted by molar-refractivity contribution is 5.34. The summed E-state index contributed by atoms with van der Waals surface area (Å²) >= 11 is 0. The molecule has 102 valence electrons. The molecule has 1 unspecified atom stereocenters. The standard InChI is InChI=1S/C19H20O/c1-3-16(2)18-11-13-19(14-12-18)20-15-7-10-17-8-5-4-6-9-17/h4-6,8-9,11-14,16H,3,15H2,1-2H3. The summed E-state index contributed by atoms with van der Waals surface area (Å²) in [4.78, 5) is 0. The summed E-state index contributed by atoms with van der Waals surface area (Å²) in [5, 5.41) is 0. The number of benzene rings is 2. The second kappa shape index (κ2) is 7.40. The summed E-state index contributed by atoms with van der Waals surface area (Å²) in [6, 6.07) is 18.2. The minimum Gasteiger partial charge on any atom is -0.481 e. The molecule has 0 amide bonds. The minimum atomic E-state index is 0.414. The van der Waals surface area contributed by atoms with Gasteiger partial charge >= 0.3 is 0 Å². The van der Waals surface area contributed by atoms with Gasteiger partial charge in [0, 0.05) is 5.56 Å². The first kappa shape index (κ1) is 14.2. The second-order valence-corrected chi connectivity index (χ2v) is 4.83. The van der Waals surface area contributed by atoms with E-state index in [2.05, 4.69) is 37.8 Å². The summed E-state index contributed by atoms with van der Waals surface area (Å²) in [6.07, 6.45) is 1.16. The van der Waals surface area contributed by atoms with Crippen molar-refractivity contribution in [3.05, 3.63) is 65.7 Å². The van der Waals surface area contributed by atoms with Crippen LogP contribution in [0.5, 0.6) is 5.75 Å².